The van der Waals surface area contributed by atoms with Gasteiger partial charge in [-0.25, -0.2) is 0 Å². The summed E-state index contributed by atoms with van der Waals surface area (Å²) in [5.74, 6) is 0.502. The fraction of sp³-hybridized carbons (Fsp3) is 0.438. The first kappa shape index (κ1) is 16.4. The molecule has 0 saturated heterocycles. The van der Waals surface area contributed by atoms with Crippen LogP contribution in [0.5, 0.6) is 0 Å². The first-order valence-electron chi connectivity index (χ1n) is 7.10. The Morgan fingerprint density at radius 1 is 1.33 bits per heavy atom. The summed E-state index contributed by atoms with van der Waals surface area (Å²) < 4.78 is 5.08. The minimum absolute atomic E-state index is 0.502. The quantitative estimate of drug-likeness (QED) is 0.718. The molecule has 0 spiro atoms. The van der Waals surface area contributed by atoms with Crippen molar-refractivity contribution in [3.8, 4) is 0 Å². The largest absolute Gasteiger partial charge is 0.383 e. The van der Waals surface area contributed by atoms with Crippen LogP contribution in [0.25, 0.3) is 0 Å². The zero-order valence-electron chi connectivity index (χ0n) is 12.2. The molecule has 114 valence electrons. The highest BCUT2D eigenvalue weighted by Gasteiger charge is 2.13. The molecule has 0 fully saturated rings. The Morgan fingerprint density at radius 3 is 2.90 bits per heavy atom. The molecule has 0 amide bonds. The highest BCUT2D eigenvalue weighted by atomic mass is 35.5. The van der Waals surface area contributed by atoms with Crippen LogP contribution in [0.3, 0.4) is 0 Å². The summed E-state index contributed by atoms with van der Waals surface area (Å²) in [5, 5.41) is 4.31. The van der Waals surface area contributed by atoms with Crippen LogP contribution in [0, 0.1) is 5.92 Å². The van der Waals surface area contributed by atoms with Gasteiger partial charge in [-0.1, -0.05) is 29.8 Å². The van der Waals surface area contributed by atoms with Gasteiger partial charge in [-0.15, -0.1) is 11.3 Å². The Bertz CT molecular complexity index is 519. The van der Waals surface area contributed by atoms with Crippen LogP contribution in [0.15, 0.2) is 36.0 Å². The summed E-state index contributed by atoms with van der Waals surface area (Å²) in [5.41, 5.74) is 3.10. The molecule has 1 heterocycles. The smallest absolute Gasteiger partial charge is 0.0794 e. The predicted octanol–water partition coefficient (Wildman–Crippen LogP) is 3.43. The Labute approximate surface area is 135 Å². The van der Waals surface area contributed by atoms with Gasteiger partial charge >= 0.3 is 0 Å². The molecule has 1 aromatic carbocycles. The van der Waals surface area contributed by atoms with Crippen LogP contribution >= 0.6 is 22.9 Å². The summed E-state index contributed by atoms with van der Waals surface area (Å²) in [4.78, 5) is 5.48. The number of benzene rings is 1. The predicted molar refractivity (Wildman–Crippen MR) is 89.2 cm³/mol. The number of methoxy groups -OCH3 is 1. The van der Waals surface area contributed by atoms with Crippen molar-refractivity contribution in [2.75, 3.05) is 26.8 Å². The van der Waals surface area contributed by atoms with E-state index in [0.29, 0.717) is 5.92 Å². The molecule has 2 rings (SSSR count). The van der Waals surface area contributed by atoms with Crippen molar-refractivity contribution < 1.29 is 4.74 Å². The van der Waals surface area contributed by atoms with Crippen molar-refractivity contribution in [2.45, 2.75) is 12.8 Å². The second-order valence-corrected chi connectivity index (χ2v) is 6.41. The van der Waals surface area contributed by atoms with E-state index in [-0.39, 0.29) is 0 Å². The zero-order chi connectivity index (χ0) is 14.9. The number of thiazole rings is 1. The number of hydrogen-bond acceptors (Lipinski definition) is 4. The normalized spacial score (nSPS) is 12.5. The van der Waals surface area contributed by atoms with Gasteiger partial charge in [0.15, 0.2) is 0 Å². The maximum absolute atomic E-state index is 6.28. The van der Waals surface area contributed by atoms with Gasteiger partial charge in [-0.2, -0.15) is 0 Å². The van der Waals surface area contributed by atoms with Gasteiger partial charge in [0.25, 0.3) is 0 Å². The Balaban J connectivity index is 1.95. The van der Waals surface area contributed by atoms with Crippen molar-refractivity contribution in [1.29, 1.82) is 0 Å². The number of hydrogen-bond donors (Lipinski definition) is 1. The van der Waals surface area contributed by atoms with E-state index in [1.54, 1.807) is 18.4 Å². The molecule has 0 bridgehead atoms. The van der Waals surface area contributed by atoms with Gasteiger partial charge in [0.05, 0.1) is 12.1 Å². The van der Waals surface area contributed by atoms with Gasteiger partial charge in [0.2, 0.25) is 0 Å². The van der Waals surface area contributed by atoms with Crippen molar-refractivity contribution in [1.82, 2.24) is 10.3 Å². The molecule has 0 aliphatic rings. The second-order valence-electron chi connectivity index (χ2n) is 5.03. The third kappa shape index (κ3) is 5.75. The SMILES string of the molecule is COCCNCC(Cc1cncs1)Cc1ccccc1Cl. The number of nitrogens with zero attached hydrogens (tertiary/aromatic N) is 1. The first-order valence-corrected chi connectivity index (χ1v) is 8.35. The lowest BCUT2D eigenvalue weighted by atomic mass is 9.95. The standard InChI is InChI=1S/C16H21ClN2OS/c1-20-7-6-18-10-13(9-15-11-19-12-21-15)8-14-4-2-3-5-16(14)17/h2-5,11-13,18H,6-10H2,1H3. The third-order valence-electron chi connectivity index (χ3n) is 3.36. The average molecular weight is 325 g/mol. The van der Waals surface area contributed by atoms with E-state index in [1.807, 2.05) is 29.9 Å². The average Bonchev–Trinajstić information content (AvgIpc) is 2.99. The molecule has 1 N–H and O–H groups in total. The summed E-state index contributed by atoms with van der Waals surface area (Å²) in [6.45, 7) is 2.56. The van der Waals surface area contributed by atoms with Crippen molar-refractivity contribution in [2.24, 2.45) is 5.92 Å². The van der Waals surface area contributed by atoms with E-state index in [9.17, 15) is 0 Å². The molecule has 5 heteroatoms. The number of rotatable bonds is 9. The minimum Gasteiger partial charge on any atom is -0.383 e. The molecule has 0 radical (unpaired) electrons. The first-order chi connectivity index (χ1) is 10.3. The Hall–Kier alpha value is -0.940. The van der Waals surface area contributed by atoms with E-state index in [2.05, 4.69) is 16.4 Å². The van der Waals surface area contributed by atoms with Crippen LogP contribution in [0.2, 0.25) is 5.02 Å². The summed E-state index contributed by atoms with van der Waals surface area (Å²) in [7, 11) is 1.72. The van der Waals surface area contributed by atoms with Crippen LogP contribution in [-0.4, -0.2) is 31.8 Å². The molecule has 0 aliphatic heterocycles. The second kappa shape index (κ2) is 9.15. The molecule has 0 aliphatic carbocycles. The van der Waals surface area contributed by atoms with Gasteiger partial charge in [0, 0.05) is 29.8 Å². The van der Waals surface area contributed by atoms with Crippen LogP contribution in [-0.2, 0) is 17.6 Å². The number of nitrogens with one attached hydrogen (secondary N) is 1. The Kier molecular flexibility index (Phi) is 7.16. The monoisotopic (exact) mass is 324 g/mol. The van der Waals surface area contributed by atoms with Gasteiger partial charge in [-0.05, 0) is 36.9 Å². The molecule has 1 unspecified atom stereocenters. The summed E-state index contributed by atoms with van der Waals surface area (Å²) >= 11 is 8.00. The molecule has 1 atom stereocenters. The zero-order valence-corrected chi connectivity index (χ0v) is 13.8. The lowest BCUT2D eigenvalue weighted by Crippen LogP contribution is -2.28. The maximum atomic E-state index is 6.28. The fourth-order valence-electron chi connectivity index (χ4n) is 2.30. The molecule has 0 saturated carbocycles. The van der Waals surface area contributed by atoms with E-state index in [4.69, 9.17) is 16.3 Å². The highest BCUT2D eigenvalue weighted by molar-refractivity contribution is 7.09. The molecular formula is C16H21ClN2OS. The van der Waals surface area contributed by atoms with E-state index < -0.39 is 0 Å². The fourth-order valence-corrected chi connectivity index (χ4v) is 3.22. The maximum Gasteiger partial charge on any atom is 0.0794 e. The van der Waals surface area contributed by atoms with E-state index in [1.165, 1.54) is 10.4 Å². The molecule has 2 aromatic rings. The minimum atomic E-state index is 0.502. The van der Waals surface area contributed by atoms with Gasteiger partial charge in [0.1, 0.15) is 0 Å². The van der Waals surface area contributed by atoms with Crippen molar-refractivity contribution in [3.05, 3.63) is 51.4 Å². The highest BCUT2D eigenvalue weighted by Crippen LogP contribution is 2.22. The van der Waals surface area contributed by atoms with Gasteiger partial charge < -0.3 is 10.1 Å². The molecule has 21 heavy (non-hydrogen) atoms. The lowest BCUT2D eigenvalue weighted by Gasteiger charge is -2.17. The third-order valence-corrected chi connectivity index (χ3v) is 4.53. The molecular weight excluding hydrogens is 304 g/mol. The van der Waals surface area contributed by atoms with Crippen LogP contribution in [0.1, 0.15) is 10.4 Å². The van der Waals surface area contributed by atoms with Gasteiger partial charge in [-0.3, -0.25) is 4.98 Å². The van der Waals surface area contributed by atoms with E-state index >= 15 is 0 Å². The topological polar surface area (TPSA) is 34.1 Å². The van der Waals surface area contributed by atoms with E-state index in [0.717, 1.165) is 37.6 Å². The molecule has 1 aromatic heterocycles. The molecule has 3 nitrogen and oxygen atoms in total. The van der Waals surface area contributed by atoms with Crippen LogP contribution in [0.4, 0.5) is 0 Å². The lowest BCUT2D eigenvalue weighted by molar-refractivity contribution is 0.197. The van der Waals surface area contributed by atoms with Crippen LogP contribution < -0.4 is 5.32 Å². The Morgan fingerprint density at radius 2 is 2.19 bits per heavy atom. The number of halogens is 1. The summed E-state index contributed by atoms with van der Waals surface area (Å²) in [6, 6.07) is 8.08. The summed E-state index contributed by atoms with van der Waals surface area (Å²) in [6.07, 6.45) is 3.95. The van der Waals surface area contributed by atoms with Crippen molar-refractivity contribution >= 4 is 22.9 Å². The number of ether oxygens (including phenoxy) is 1. The number of aromatic nitrogens is 1. The van der Waals surface area contributed by atoms with Crippen molar-refractivity contribution in [3.63, 3.8) is 0 Å².